The molecule has 0 aromatic carbocycles. The van der Waals surface area contributed by atoms with Crippen molar-refractivity contribution in [2.75, 3.05) is 27.2 Å². The Morgan fingerprint density at radius 3 is 1.43 bits per heavy atom. The van der Waals surface area contributed by atoms with Gasteiger partial charge in [0.05, 0.1) is 27.2 Å². The molecule has 0 aliphatic rings. The summed E-state index contributed by atoms with van der Waals surface area (Å²) in [6.45, 7) is 9.72. The van der Waals surface area contributed by atoms with E-state index in [-0.39, 0.29) is 5.48 Å². The quantitative estimate of drug-likeness (QED) is 0.231. The van der Waals surface area contributed by atoms with Crippen LogP contribution in [0.15, 0.2) is 0 Å². The number of rotatable bonds is 16. The lowest BCUT2D eigenvalue weighted by Crippen LogP contribution is -2.41. The highest BCUT2D eigenvalue weighted by Crippen LogP contribution is 2.13. The van der Waals surface area contributed by atoms with Crippen LogP contribution in [0.1, 0.15) is 104 Å². The van der Waals surface area contributed by atoms with Crippen molar-refractivity contribution in [3.8, 4) is 0 Å². The summed E-state index contributed by atoms with van der Waals surface area (Å²) in [5, 5.41) is 0. The number of unbranched alkanes of at least 4 members (excludes halogenated alkanes) is 10. The molecular weight excluding hydrogens is 282 g/mol. The molecule has 0 rings (SSSR count). The monoisotopic (exact) mass is 329 g/mol. The second-order valence-corrected chi connectivity index (χ2v) is 8.45. The van der Waals surface area contributed by atoms with Gasteiger partial charge in [0, 0.05) is 0 Å². The molecule has 0 radical (unpaired) electrons. The highest BCUT2D eigenvalue weighted by molar-refractivity contribution is 4.49. The Bertz CT molecular complexity index is 226. The molecule has 0 saturated heterocycles. The third-order valence-electron chi connectivity index (χ3n) is 4.91. The summed E-state index contributed by atoms with van der Waals surface area (Å²) < 4.78 is 1.24. The molecule has 0 heterocycles. The van der Waals surface area contributed by atoms with Crippen LogP contribution in [-0.2, 0) is 0 Å². The second kappa shape index (κ2) is 16.8. The van der Waals surface area contributed by atoms with Gasteiger partial charge < -0.3 is 9.96 Å². The molecule has 0 aliphatic heterocycles. The topological polar surface area (TPSA) is 30.0 Å². The Balaban J connectivity index is 0. The molecule has 0 fully saturated rings. The maximum atomic E-state index is 2.43. The SMILES string of the molecule is CCCCCCCCCC[N+](C)(C)CCCCCCC(C)C.[OH-]. The third kappa shape index (κ3) is 19.9. The minimum absolute atomic E-state index is 0. The van der Waals surface area contributed by atoms with Gasteiger partial charge in [-0.15, -0.1) is 0 Å². The van der Waals surface area contributed by atoms with Crippen molar-refractivity contribution in [3.05, 3.63) is 0 Å². The van der Waals surface area contributed by atoms with E-state index in [4.69, 9.17) is 0 Å². The average molecular weight is 330 g/mol. The van der Waals surface area contributed by atoms with E-state index in [2.05, 4.69) is 34.9 Å². The van der Waals surface area contributed by atoms with E-state index in [0.717, 1.165) is 5.92 Å². The van der Waals surface area contributed by atoms with Crippen molar-refractivity contribution in [1.82, 2.24) is 0 Å². The summed E-state index contributed by atoms with van der Waals surface area (Å²) in [6, 6.07) is 0. The molecule has 0 spiro atoms. The van der Waals surface area contributed by atoms with Crippen LogP contribution in [0.25, 0.3) is 0 Å². The van der Waals surface area contributed by atoms with Crippen LogP contribution in [0.4, 0.5) is 0 Å². The summed E-state index contributed by atoms with van der Waals surface area (Å²) in [6.07, 6.45) is 18.6. The van der Waals surface area contributed by atoms with E-state index in [9.17, 15) is 0 Å². The zero-order chi connectivity index (χ0) is 16.7. The first-order valence-electron chi connectivity index (χ1n) is 10.3. The zero-order valence-electron chi connectivity index (χ0n) is 17.1. The van der Waals surface area contributed by atoms with Gasteiger partial charge in [-0.3, -0.25) is 0 Å². The number of quaternary nitrogens is 1. The number of hydrogen-bond donors (Lipinski definition) is 0. The van der Waals surface area contributed by atoms with Crippen molar-refractivity contribution in [1.29, 1.82) is 0 Å². The average Bonchev–Trinajstić information content (AvgIpc) is 2.45. The Hall–Kier alpha value is -0.0800. The molecule has 2 nitrogen and oxygen atoms in total. The van der Waals surface area contributed by atoms with Crippen LogP contribution >= 0.6 is 0 Å². The molecule has 0 bridgehead atoms. The van der Waals surface area contributed by atoms with Crippen LogP contribution < -0.4 is 0 Å². The summed E-state index contributed by atoms with van der Waals surface area (Å²) in [4.78, 5) is 0. The highest BCUT2D eigenvalue weighted by Gasteiger charge is 2.13. The summed E-state index contributed by atoms with van der Waals surface area (Å²) in [7, 11) is 4.85. The van der Waals surface area contributed by atoms with E-state index in [0.29, 0.717) is 0 Å². The molecule has 142 valence electrons. The van der Waals surface area contributed by atoms with Crippen LogP contribution in [0, 0.1) is 5.92 Å². The maximum Gasteiger partial charge on any atom is 0.0782 e. The Morgan fingerprint density at radius 1 is 0.609 bits per heavy atom. The van der Waals surface area contributed by atoms with Gasteiger partial charge in [-0.2, -0.15) is 0 Å². The standard InChI is InChI=1S/C21H46N.H2O/c1-6-7-8-9-10-11-13-16-19-22(4,5)20-17-14-12-15-18-21(2)3;/h21H,6-20H2,1-5H3;1H2/q+1;/p-1. The summed E-state index contributed by atoms with van der Waals surface area (Å²) >= 11 is 0. The first kappa shape index (κ1) is 25.2. The molecular formula is C21H47NO. The van der Waals surface area contributed by atoms with Gasteiger partial charge in [0.1, 0.15) is 0 Å². The van der Waals surface area contributed by atoms with Crippen molar-refractivity contribution in [3.63, 3.8) is 0 Å². The molecule has 1 N–H and O–H groups in total. The van der Waals surface area contributed by atoms with Gasteiger partial charge in [-0.05, 0) is 31.6 Å². The molecule has 0 unspecified atom stereocenters. The van der Waals surface area contributed by atoms with E-state index >= 15 is 0 Å². The van der Waals surface area contributed by atoms with Gasteiger partial charge in [-0.1, -0.05) is 78.6 Å². The molecule has 0 aliphatic carbocycles. The molecule has 0 aromatic heterocycles. The van der Waals surface area contributed by atoms with Crippen LogP contribution in [0.5, 0.6) is 0 Å². The summed E-state index contributed by atoms with van der Waals surface area (Å²) in [5.74, 6) is 0.884. The van der Waals surface area contributed by atoms with Crippen molar-refractivity contribution in [2.24, 2.45) is 5.92 Å². The fraction of sp³-hybridized carbons (Fsp3) is 1.00. The van der Waals surface area contributed by atoms with Crippen molar-refractivity contribution < 1.29 is 9.96 Å². The van der Waals surface area contributed by atoms with Crippen LogP contribution in [-0.4, -0.2) is 37.1 Å². The first-order valence-corrected chi connectivity index (χ1v) is 10.3. The molecule has 0 aromatic rings. The van der Waals surface area contributed by atoms with Gasteiger partial charge in [0.2, 0.25) is 0 Å². The lowest BCUT2D eigenvalue weighted by molar-refractivity contribution is -0.890. The summed E-state index contributed by atoms with van der Waals surface area (Å²) in [5.41, 5.74) is 0. The van der Waals surface area contributed by atoms with Crippen molar-refractivity contribution in [2.45, 2.75) is 104 Å². The van der Waals surface area contributed by atoms with E-state index in [1.807, 2.05) is 0 Å². The largest absolute Gasteiger partial charge is 0.870 e. The van der Waals surface area contributed by atoms with Gasteiger partial charge >= 0.3 is 0 Å². The predicted molar refractivity (Wildman–Crippen MR) is 104 cm³/mol. The third-order valence-corrected chi connectivity index (χ3v) is 4.91. The van der Waals surface area contributed by atoms with Gasteiger partial charge in [0.15, 0.2) is 0 Å². The van der Waals surface area contributed by atoms with E-state index in [1.54, 1.807) is 0 Å². The minimum Gasteiger partial charge on any atom is -0.870 e. The molecule has 23 heavy (non-hydrogen) atoms. The van der Waals surface area contributed by atoms with E-state index < -0.39 is 0 Å². The Labute approximate surface area is 147 Å². The Morgan fingerprint density at radius 2 is 1.00 bits per heavy atom. The highest BCUT2D eigenvalue weighted by atomic mass is 16.0. The first-order chi connectivity index (χ1) is 10.5. The van der Waals surface area contributed by atoms with Gasteiger partial charge in [-0.25, -0.2) is 0 Å². The second-order valence-electron chi connectivity index (χ2n) is 8.45. The van der Waals surface area contributed by atoms with Crippen LogP contribution in [0.2, 0.25) is 0 Å². The Kier molecular flexibility index (Phi) is 18.3. The fourth-order valence-corrected chi connectivity index (χ4v) is 3.23. The van der Waals surface area contributed by atoms with E-state index in [1.165, 1.54) is 101 Å². The molecule has 2 heteroatoms. The normalized spacial score (nSPS) is 11.7. The lowest BCUT2D eigenvalue weighted by atomic mass is 10.0. The number of hydrogen-bond acceptors (Lipinski definition) is 1. The smallest absolute Gasteiger partial charge is 0.0782 e. The van der Waals surface area contributed by atoms with Crippen LogP contribution in [0.3, 0.4) is 0 Å². The fourth-order valence-electron chi connectivity index (χ4n) is 3.23. The van der Waals surface area contributed by atoms with Gasteiger partial charge in [0.25, 0.3) is 0 Å². The maximum absolute atomic E-state index is 2.43. The molecule has 0 saturated carbocycles. The molecule has 0 atom stereocenters. The minimum atomic E-state index is 0. The van der Waals surface area contributed by atoms with Crippen molar-refractivity contribution >= 4 is 0 Å². The predicted octanol–water partition coefficient (Wildman–Crippen LogP) is 6.63. The number of nitrogens with zero attached hydrogens (tertiary/aromatic N) is 1. The lowest BCUT2D eigenvalue weighted by Gasteiger charge is -2.30. The molecule has 0 amide bonds. The zero-order valence-corrected chi connectivity index (χ0v) is 17.1.